The van der Waals surface area contributed by atoms with Crippen molar-refractivity contribution in [2.45, 2.75) is 49.5 Å². The number of rotatable bonds is 9. The van der Waals surface area contributed by atoms with Crippen LogP contribution < -0.4 is 10.6 Å². The molecule has 13 heteroatoms. The number of aromatic nitrogens is 2. The van der Waals surface area contributed by atoms with E-state index in [9.17, 15) is 30.8 Å². The molecule has 4 aromatic rings. The van der Waals surface area contributed by atoms with Crippen molar-refractivity contribution in [2.75, 3.05) is 11.9 Å². The molecule has 0 radical (unpaired) electrons. The Morgan fingerprint density at radius 3 is 2.45 bits per heavy atom. The Morgan fingerprint density at radius 2 is 1.80 bits per heavy atom. The molecule has 1 aliphatic rings. The first-order chi connectivity index (χ1) is 20.9. The molecule has 1 unspecified atom stereocenters. The minimum absolute atomic E-state index is 0.00583. The van der Waals surface area contributed by atoms with Gasteiger partial charge in [-0.25, -0.2) is 17.8 Å². The van der Waals surface area contributed by atoms with Crippen molar-refractivity contribution in [3.05, 3.63) is 108 Å². The van der Waals surface area contributed by atoms with Crippen LogP contribution in [0.2, 0.25) is 0 Å². The maximum absolute atomic E-state index is 13.4. The molecule has 2 aromatic heterocycles. The van der Waals surface area contributed by atoms with Crippen LogP contribution in [0.1, 0.15) is 42.5 Å². The predicted molar refractivity (Wildman–Crippen MR) is 156 cm³/mol. The maximum Gasteiger partial charge on any atom is 0.416 e. The summed E-state index contributed by atoms with van der Waals surface area (Å²) in [6, 6.07) is 14.9. The fraction of sp³-hybridized carbons (Fsp3) is 0.258. The fourth-order valence-electron chi connectivity index (χ4n) is 5.02. The molecule has 3 heterocycles. The number of nitrogens with zero attached hydrogens (tertiary/aromatic N) is 3. The van der Waals surface area contributed by atoms with Crippen molar-refractivity contribution >= 4 is 21.7 Å². The molecule has 0 aliphatic carbocycles. The van der Waals surface area contributed by atoms with Crippen molar-refractivity contribution in [1.82, 2.24) is 19.6 Å². The third-order valence-corrected chi connectivity index (χ3v) is 9.26. The van der Waals surface area contributed by atoms with E-state index < -0.39 is 39.5 Å². The van der Waals surface area contributed by atoms with Crippen LogP contribution in [-0.2, 0) is 27.5 Å². The zero-order valence-corrected chi connectivity index (χ0v) is 24.4. The SMILES string of the molecule is CC(Nc1cc(CNC(=O)[C@@H]2CCCN2S(=O)(=O)c2ccc(F)cc2)cc(-c2ccc(C(F)(F)F)cc2)n1)c1cccnc1. The summed E-state index contributed by atoms with van der Waals surface area (Å²) in [7, 11) is -4.04. The molecule has 0 bridgehead atoms. The molecular formula is C31H29F4N5O3S. The van der Waals surface area contributed by atoms with Gasteiger partial charge >= 0.3 is 6.18 Å². The van der Waals surface area contributed by atoms with E-state index in [4.69, 9.17) is 0 Å². The van der Waals surface area contributed by atoms with Crippen LogP contribution in [0.3, 0.4) is 0 Å². The average molecular weight is 628 g/mol. The summed E-state index contributed by atoms with van der Waals surface area (Å²) in [6.07, 6.45) is -0.341. The number of halogens is 4. The number of amides is 1. The lowest BCUT2D eigenvalue weighted by molar-refractivity contribution is -0.137. The minimum atomic E-state index is -4.48. The molecule has 1 saturated heterocycles. The maximum atomic E-state index is 13.4. The van der Waals surface area contributed by atoms with Gasteiger partial charge in [0.2, 0.25) is 15.9 Å². The Bertz CT molecular complexity index is 1720. The third-order valence-electron chi connectivity index (χ3n) is 7.34. The van der Waals surface area contributed by atoms with Crippen molar-refractivity contribution in [2.24, 2.45) is 0 Å². The van der Waals surface area contributed by atoms with E-state index in [1.807, 2.05) is 13.0 Å². The van der Waals surface area contributed by atoms with Gasteiger partial charge in [0.25, 0.3) is 0 Å². The Labute approximate surface area is 252 Å². The average Bonchev–Trinajstić information content (AvgIpc) is 3.52. The van der Waals surface area contributed by atoms with Crippen molar-refractivity contribution in [3.63, 3.8) is 0 Å². The second-order valence-electron chi connectivity index (χ2n) is 10.4. The van der Waals surface area contributed by atoms with Gasteiger partial charge in [-0.3, -0.25) is 9.78 Å². The van der Waals surface area contributed by atoms with Gasteiger partial charge in [0.1, 0.15) is 17.7 Å². The van der Waals surface area contributed by atoms with Gasteiger partial charge in [-0.15, -0.1) is 0 Å². The fourth-order valence-corrected chi connectivity index (χ4v) is 6.67. The molecule has 5 rings (SSSR count). The molecule has 2 N–H and O–H groups in total. The normalized spacial score (nSPS) is 16.4. The van der Waals surface area contributed by atoms with Gasteiger partial charge in [-0.1, -0.05) is 18.2 Å². The monoisotopic (exact) mass is 627 g/mol. The largest absolute Gasteiger partial charge is 0.416 e. The molecule has 0 spiro atoms. The highest BCUT2D eigenvalue weighted by Gasteiger charge is 2.39. The highest BCUT2D eigenvalue weighted by atomic mass is 32.2. The molecule has 1 amide bonds. The lowest BCUT2D eigenvalue weighted by atomic mass is 10.1. The van der Waals surface area contributed by atoms with E-state index in [-0.39, 0.29) is 24.0 Å². The number of sulfonamides is 1. The molecule has 1 fully saturated rings. The van der Waals surface area contributed by atoms with E-state index in [2.05, 4.69) is 20.6 Å². The Kier molecular flexibility index (Phi) is 8.97. The smallest absolute Gasteiger partial charge is 0.363 e. The molecule has 8 nitrogen and oxygen atoms in total. The third kappa shape index (κ3) is 7.05. The van der Waals surface area contributed by atoms with Gasteiger partial charge in [-0.2, -0.15) is 17.5 Å². The zero-order valence-electron chi connectivity index (χ0n) is 23.6. The van der Waals surface area contributed by atoms with Gasteiger partial charge in [0, 0.05) is 31.0 Å². The van der Waals surface area contributed by atoms with Gasteiger partial charge in [0.05, 0.1) is 22.2 Å². The van der Waals surface area contributed by atoms with Crippen LogP contribution >= 0.6 is 0 Å². The summed E-state index contributed by atoms with van der Waals surface area (Å²) < 4.78 is 80.4. The first-order valence-corrected chi connectivity index (χ1v) is 15.3. The standard InChI is InChI=1S/C31H29F4N5O3S/c1-20(23-4-2-14-36-19-23)38-29-17-21(16-27(39-29)22-6-8-24(9-7-22)31(33,34)35)18-37-30(41)28-5-3-15-40(28)44(42,43)26-12-10-25(32)11-13-26/h2,4,6-14,16-17,19-20,28H,3,5,15,18H2,1H3,(H,37,41)(H,38,39)/t20?,28-/m0/s1. The minimum Gasteiger partial charge on any atom is -0.363 e. The van der Waals surface area contributed by atoms with Crippen LogP contribution in [0.25, 0.3) is 11.3 Å². The molecule has 2 aromatic carbocycles. The van der Waals surface area contributed by atoms with Crippen LogP contribution in [0.4, 0.5) is 23.4 Å². The van der Waals surface area contributed by atoms with Crippen LogP contribution in [0, 0.1) is 5.82 Å². The quantitative estimate of drug-likeness (QED) is 0.223. The number of pyridine rings is 2. The van der Waals surface area contributed by atoms with E-state index in [1.54, 1.807) is 30.6 Å². The topological polar surface area (TPSA) is 104 Å². The van der Waals surface area contributed by atoms with Gasteiger partial charge in [0.15, 0.2) is 0 Å². The van der Waals surface area contributed by atoms with E-state index in [0.29, 0.717) is 35.5 Å². The first-order valence-electron chi connectivity index (χ1n) is 13.8. The first kappa shape index (κ1) is 31.1. The number of alkyl halides is 3. The lowest BCUT2D eigenvalue weighted by Crippen LogP contribution is -2.45. The zero-order chi connectivity index (χ0) is 31.5. The molecule has 0 saturated carbocycles. The molecular weight excluding hydrogens is 598 g/mol. The molecule has 230 valence electrons. The summed E-state index contributed by atoms with van der Waals surface area (Å²) in [5.74, 6) is -0.653. The van der Waals surface area contributed by atoms with Crippen molar-refractivity contribution in [3.8, 4) is 11.3 Å². The second-order valence-corrected chi connectivity index (χ2v) is 12.3. The number of hydrogen-bond donors (Lipinski definition) is 2. The molecule has 2 atom stereocenters. The van der Waals surface area contributed by atoms with Crippen molar-refractivity contribution < 1.29 is 30.8 Å². The Morgan fingerprint density at radius 1 is 1.07 bits per heavy atom. The van der Waals surface area contributed by atoms with E-state index >= 15 is 0 Å². The Hall–Kier alpha value is -4.36. The highest BCUT2D eigenvalue weighted by Crippen LogP contribution is 2.32. The summed E-state index contributed by atoms with van der Waals surface area (Å²) in [5.41, 5.74) is 1.51. The van der Waals surface area contributed by atoms with Gasteiger partial charge in [-0.05, 0) is 85.5 Å². The molecule has 44 heavy (non-hydrogen) atoms. The number of hydrogen-bond acceptors (Lipinski definition) is 6. The van der Waals surface area contributed by atoms with Gasteiger partial charge < -0.3 is 10.6 Å². The van der Waals surface area contributed by atoms with E-state index in [1.165, 1.54) is 24.3 Å². The highest BCUT2D eigenvalue weighted by molar-refractivity contribution is 7.89. The summed E-state index contributed by atoms with van der Waals surface area (Å²) in [4.78, 5) is 21.9. The summed E-state index contributed by atoms with van der Waals surface area (Å²) in [5, 5.41) is 6.08. The number of anilines is 1. The van der Waals surface area contributed by atoms with Crippen molar-refractivity contribution in [1.29, 1.82) is 0 Å². The summed E-state index contributed by atoms with van der Waals surface area (Å²) in [6.45, 7) is 2.05. The lowest BCUT2D eigenvalue weighted by Gasteiger charge is -2.23. The predicted octanol–water partition coefficient (Wildman–Crippen LogP) is 5.94. The molecule has 1 aliphatic heterocycles. The van der Waals surface area contributed by atoms with Crippen LogP contribution in [0.5, 0.6) is 0 Å². The number of nitrogens with one attached hydrogen (secondary N) is 2. The number of carbonyl (C=O) groups excluding carboxylic acids is 1. The number of benzene rings is 2. The van der Waals surface area contributed by atoms with E-state index in [0.717, 1.165) is 34.1 Å². The Balaban J connectivity index is 1.38. The number of carbonyl (C=O) groups is 1. The van der Waals surface area contributed by atoms with Crippen LogP contribution in [0.15, 0.2) is 90.1 Å². The van der Waals surface area contributed by atoms with Crippen LogP contribution in [-0.4, -0.2) is 41.2 Å². The second kappa shape index (κ2) is 12.7. The summed E-state index contributed by atoms with van der Waals surface area (Å²) >= 11 is 0.